The van der Waals surface area contributed by atoms with E-state index in [9.17, 15) is 4.79 Å². The average molecular weight is 226 g/mol. The van der Waals surface area contributed by atoms with Crippen LogP contribution in [0.2, 0.25) is 0 Å². The van der Waals surface area contributed by atoms with Crippen molar-refractivity contribution in [1.29, 1.82) is 0 Å². The molecule has 0 saturated heterocycles. The number of hydrogen-bond acceptors (Lipinski definition) is 2. The Kier molecular flexibility index (Phi) is 6.04. The van der Waals surface area contributed by atoms with Gasteiger partial charge in [0.05, 0.1) is 6.10 Å². The van der Waals surface area contributed by atoms with Crippen LogP contribution < -0.4 is 0 Å². The fourth-order valence-electron chi connectivity index (χ4n) is 2.33. The number of rotatable bonds is 6. The molecule has 0 aromatic carbocycles. The maximum Gasteiger partial charge on any atom is 0.161 e. The summed E-state index contributed by atoms with van der Waals surface area (Å²) in [5.74, 6) is 1.24. The summed E-state index contributed by atoms with van der Waals surface area (Å²) in [6.45, 7) is 6.62. The molecule has 0 N–H and O–H groups in total. The second-order valence-corrected chi connectivity index (χ2v) is 5.15. The minimum absolute atomic E-state index is 0.158. The summed E-state index contributed by atoms with van der Waals surface area (Å²) in [7, 11) is 0. The van der Waals surface area contributed by atoms with E-state index in [0.717, 1.165) is 25.2 Å². The van der Waals surface area contributed by atoms with Gasteiger partial charge in [0.25, 0.3) is 0 Å². The van der Waals surface area contributed by atoms with Gasteiger partial charge in [0.2, 0.25) is 0 Å². The second-order valence-electron chi connectivity index (χ2n) is 5.15. The Labute approximate surface area is 99.8 Å². The van der Waals surface area contributed by atoms with E-state index in [4.69, 9.17) is 4.74 Å². The van der Waals surface area contributed by atoms with Crippen molar-refractivity contribution < 1.29 is 9.53 Å². The molecule has 1 fully saturated rings. The molecule has 2 nitrogen and oxygen atoms in total. The van der Waals surface area contributed by atoms with E-state index in [1.54, 1.807) is 0 Å². The number of carbonyl (C=O) groups excluding carboxylic acids is 1. The molecule has 0 amide bonds. The van der Waals surface area contributed by atoms with Gasteiger partial charge in [-0.25, -0.2) is 0 Å². The second kappa shape index (κ2) is 7.05. The molecule has 0 radical (unpaired) electrons. The average Bonchev–Trinajstić information content (AvgIpc) is 2.35. The smallest absolute Gasteiger partial charge is 0.161 e. The number of hydrogen-bond donors (Lipinski definition) is 0. The van der Waals surface area contributed by atoms with Crippen molar-refractivity contribution in [2.75, 3.05) is 6.61 Å². The van der Waals surface area contributed by atoms with Gasteiger partial charge in [-0.15, -0.1) is 0 Å². The highest BCUT2D eigenvalue weighted by Gasteiger charge is 2.22. The number of ether oxygens (including phenoxy) is 1. The van der Waals surface area contributed by atoms with Gasteiger partial charge in [-0.2, -0.15) is 0 Å². The van der Waals surface area contributed by atoms with E-state index in [1.165, 1.54) is 19.3 Å². The zero-order chi connectivity index (χ0) is 12.0. The Balaban J connectivity index is 2.24. The third-order valence-electron chi connectivity index (χ3n) is 3.94. The molecule has 1 aliphatic rings. The molecule has 0 aromatic heterocycles. The van der Waals surface area contributed by atoms with Gasteiger partial charge in [-0.05, 0) is 25.2 Å². The highest BCUT2D eigenvalue weighted by atomic mass is 16.5. The molecule has 0 bridgehead atoms. The lowest BCUT2D eigenvalue weighted by molar-refractivity contribution is -0.130. The maximum absolute atomic E-state index is 11.6. The summed E-state index contributed by atoms with van der Waals surface area (Å²) >= 11 is 0. The third-order valence-corrected chi connectivity index (χ3v) is 3.94. The van der Waals surface area contributed by atoms with Crippen molar-refractivity contribution >= 4 is 5.78 Å². The van der Waals surface area contributed by atoms with Crippen molar-refractivity contribution in [3.63, 3.8) is 0 Å². The fourth-order valence-corrected chi connectivity index (χ4v) is 2.33. The van der Waals surface area contributed by atoms with Crippen LogP contribution in [0.15, 0.2) is 0 Å². The largest absolute Gasteiger partial charge is 0.370 e. The molecule has 3 atom stereocenters. The lowest BCUT2D eigenvalue weighted by atomic mass is 9.85. The standard InChI is InChI=1S/C14H26O2/c1-4-11(3)14(15)10-16-13-8-6-7-12(5-2)9-13/h11-13H,4-10H2,1-3H3. The van der Waals surface area contributed by atoms with Crippen molar-refractivity contribution in [3.8, 4) is 0 Å². The van der Waals surface area contributed by atoms with Gasteiger partial charge in [0.1, 0.15) is 6.61 Å². The van der Waals surface area contributed by atoms with Crippen molar-refractivity contribution in [2.45, 2.75) is 65.4 Å². The van der Waals surface area contributed by atoms with Gasteiger partial charge in [0.15, 0.2) is 5.78 Å². The van der Waals surface area contributed by atoms with Crippen LogP contribution >= 0.6 is 0 Å². The predicted molar refractivity (Wildman–Crippen MR) is 66.5 cm³/mol. The molecular weight excluding hydrogens is 200 g/mol. The Morgan fingerprint density at radius 2 is 2.12 bits per heavy atom. The molecule has 94 valence electrons. The molecule has 0 spiro atoms. The first-order chi connectivity index (χ1) is 7.67. The molecule has 1 aliphatic carbocycles. The highest BCUT2D eigenvalue weighted by Crippen LogP contribution is 2.28. The molecule has 3 unspecified atom stereocenters. The van der Waals surface area contributed by atoms with Crippen LogP contribution in [0.25, 0.3) is 0 Å². The van der Waals surface area contributed by atoms with Crippen molar-refractivity contribution in [2.24, 2.45) is 11.8 Å². The Bertz CT molecular complexity index is 213. The van der Waals surface area contributed by atoms with Crippen LogP contribution in [-0.2, 0) is 9.53 Å². The SMILES string of the molecule is CCC1CCCC(OCC(=O)C(C)CC)C1. The van der Waals surface area contributed by atoms with Crippen molar-refractivity contribution in [3.05, 3.63) is 0 Å². The minimum atomic E-state index is 0.158. The summed E-state index contributed by atoms with van der Waals surface area (Å²) in [5, 5.41) is 0. The van der Waals surface area contributed by atoms with E-state index < -0.39 is 0 Å². The van der Waals surface area contributed by atoms with Crippen LogP contribution in [0.4, 0.5) is 0 Å². The van der Waals surface area contributed by atoms with Gasteiger partial charge in [-0.3, -0.25) is 4.79 Å². The predicted octanol–water partition coefficient (Wildman–Crippen LogP) is 3.59. The Hall–Kier alpha value is -0.370. The van der Waals surface area contributed by atoms with Crippen LogP contribution in [0.3, 0.4) is 0 Å². The summed E-state index contributed by atoms with van der Waals surface area (Å²) < 4.78 is 5.75. The van der Waals surface area contributed by atoms with Crippen molar-refractivity contribution in [1.82, 2.24) is 0 Å². The topological polar surface area (TPSA) is 26.3 Å². The molecular formula is C14H26O2. The fraction of sp³-hybridized carbons (Fsp3) is 0.929. The molecule has 1 saturated carbocycles. The molecule has 16 heavy (non-hydrogen) atoms. The van der Waals surface area contributed by atoms with Gasteiger partial charge in [0, 0.05) is 5.92 Å². The van der Waals surface area contributed by atoms with E-state index in [0.29, 0.717) is 12.7 Å². The first-order valence-electron chi connectivity index (χ1n) is 6.81. The van der Waals surface area contributed by atoms with Crippen LogP contribution in [-0.4, -0.2) is 18.5 Å². The van der Waals surface area contributed by atoms with E-state index >= 15 is 0 Å². The summed E-state index contributed by atoms with van der Waals surface area (Å²) in [6, 6.07) is 0. The lowest BCUT2D eigenvalue weighted by Crippen LogP contribution is -2.26. The number of carbonyl (C=O) groups is 1. The normalized spacial score (nSPS) is 27.7. The van der Waals surface area contributed by atoms with E-state index in [1.807, 2.05) is 6.92 Å². The third kappa shape index (κ3) is 4.25. The molecule has 0 aromatic rings. The summed E-state index contributed by atoms with van der Waals surface area (Å²) in [6.07, 6.45) is 7.42. The Morgan fingerprint density at radius 1 is 1.38 bits per heavy atom. The molecule has 0 aliphatic heterocycles. The Morgan fingerprint density at radius 3 is 2.75 bits per heavy atom. The summed E-state index contributed by atoms with van der Waals surface area (Å²) in [4.78, 5) is 11.6. The maximum atomic E-state index is 11.6. The number of ketones is 1. The molecule has 1 rings (SSSR count). The van der Waals surface area contributed by atoms with Gasteiger partial charge in [-0.1, -0.05) is 40.0 Å². The van der Waals surface area contributed by atoms with Crippen LogP contribution in [0.1, 0.15) is 59.3 Å². The van der Waals surface area contributed by atoms with Gasteiger partial charge < -0.3 is 4.74 Å². The van der Waals surface area contributed by atoms with E-state index in [-0.39, 0.29) is 11.7 Å². The first-order valence-corrected chi connectivity index (χ1v) is 6.81. The zero-order valence-corrected chi connectivity index (χ0v) is 11.0. The number of Topliss-reactive ketones (excluding diaryl/α,β-unsaturated/α-hetero) is 1. The van der Waals surface area contributed by atoms with Crippen LogP contribution in [0.5, 0.6) is 0 Å². The van der Waals surface area contributed by atoms with E-state index in [2.05, 4.69) is 13.8 Å². The molecule has 2 heteroatoms. The zero-order valence-electron chi connectivity index (χ0n) is 11.0. The monoisotopic (exact) mass is 226 g/mol. The summed E-state index contributed by atoms with van der Waals surface area (Å²) in [5.41, 5.74) is 0. The van der Waals surface area contributed by atoms with Gasteiger partial charge >= 0.3 is 0 Å². The quantitative estimate of drug-likeness (QED) is 0.692. The molecule has 0 heterocycles. The highest BCUT2D eigenvalue weighted by molar-refractivity contribution is 5.81. The lowest BCUT2D eigenvalue weighted by Gasteiger charge is -2.28. The van der Waals surface area contributed by atoms with Crippen LogP contribution in [0, 0.1) is 11.8 Å². The first kappa shape index (κ1) is 13.7. The minimum Gasteiger partial charge on any atom is -0.370 e.